The summed E-state index contributed by atoms with van der Waals surface area (Å²) in [5.74, 6) is 0.365. The second kappa shape index (κ2) is 6.26. The standard InChI is InChI=1S/C16H17NO4/c1-4-10-20-13-9-7-6-8-12(13)15-17(3)14(18)11(5-2)16(19)21-15/h4,6-9H,1,5,10H2,2-3H3. The number of ether oxygens (including phenoxy) is 1. The molecule has 0 aliphatic rings. The van der Waals surface area contributed by atoms with Crippen molar-refractivity contribution in [3.05, 3.63) is 52.9 Å². The highest BCUT2D eigenvalue weighted by molar-refractivity contribution is 5.60. The molecule has 0 aliphatic carbocycles. The van der Waals surface area contributed by atoms with E-state index in [0.29, 0.717) is 24.3 Å². The van der Waals surface area contributed by atoms with Crippen LogP contribution in [0.15, 0.2) is 46.1 Å². The first-order valence-corrected chi connectivity index (χ1v) is 6.66. The van der Waals surface area contributed by atoms with Gasteiger partial charge in [-0.05, 0) is 18.6 Å². The van der Waals surface area contributed by atoms with Gasteiger partial charge in [-0.1, -0.05) is 31.7 Å². The Morgan fingerprint density at radius 3 is 2.81 bits per heavy atom. The second-order valence-electron chi connectivity index (χ2n) is 4.49. The molecule has 2 rings (SSSR count). The third-order valence-corrected chi connectivity index (χ3v) is 3.13. The molecule has 0 spiro atoms. The van der Waals surface area contributed by atoms with Gasteiger partial charge in [0.2, 0.25) is 0 Å². The lowest BCUT2D eigenvalue weighted by molar-refractivity contribution is -0.713. The van der Waals surface area contributed by atoms with Gasteiger partial charge in [0.1, 0.15) is 25.0 Å². The third-order valence-electron chi connectivity index (χ3n) is 3.13. The molecule has 5 heteroatoms. The summed E-state index contributed by atoms with van der Waals surface area (Å²) >= 11 is 0. The van der Waals surface area contributed by atoms with Crippen molar-refractivity contribution in [3.8, 4) is 23.1 Å². The van der Waals surface area contributed by atoms with E-state index in [9.17, 15) is 9.90 Å². The molecule has 110 valence electrons. The van der Waals surface area contributed by atoms with Crippen molar-refractivity contribution in [1.29, 1.82) is 0 Å². The zero-order chi connectivity index (χ0) is 15.4. The van der Waals surface area contributed by atoms with Crippen molar-refractivity contribution < 1.29 is 18.8 Å². The molecule has 5 nitrogen and oxygen atoms in total. The maximum atomic E-state index is 12.2. The minimum Gasteiger partial charge on any atom is -0.823 e. The Morgan fingerprint density at radius 1 is 1.43 bits per heavy atom. The van der Waals surface area contributed by atoms with Gasteiger partial charge in [0.25, 0.3) is 0 Å². The lowest BCUT2D eigenvalue weighted by Gasteiger charge is -2.12. The monoisotopic (exact) mass is 287 g/mol. The predicted molar refractivity (Wildman–Crippen MR) is 76.1 cm³/mol. The zero-order valence-electron chi connectivity index (χ0n) is 12.1. The van der Waals surface area contributed by atoms with Crippen molar-refractivity contribution >= 4 is 0 Å². The predicted octanol–water partition coefficient (Wildman–Crippen LogP) is 1.33. The lowest BCUT2D eigenvalue weighted by Crippen LogP contribution is -2.39. The van der Waals surface area contributed by atoms with Gasteiger partial charge in [-0.15, -0.1) is 0 Å². The molecule has 1 aromatic heterocycles. The Morgan fingerprint density at radius 2 is 2.14 bits per heavy atom. The largest absolute Gasteiger partial charge is 0.823 e. The maximum Gasteiger partial charge on any atom is 0.386 e. The van der Waals surface area contributed by atoms with Crippen LogP contribution in [0.2, 0.25) is 0 Å². The second-order valence-corrected chi connectivity index (χ2v) is 4.49. The van der Waals surface area contributed by atoms with E-state index in [1.165, 1.54) is 4.57 Å². The van der Waals surface area contributed by atoms with Gasteiger partial charge in [0, 0.05) is 0 Å². The minimum absolute atomic E-state index is 0.144. The summed E-state index contributed by atoms with van der Waals surface area (Å²) in [4.78, 5) is 11.9. The highest BCUT2D eigenvalue weighted by Crippen LogP contribution is 2.27. The summed E-state index contributed by atoms with van der Waals surface area (Å²) in [5.41, 5.74) is 0.0959. The average molecular weight is 287 g/mol. The number of hydrogen-bond acceptors (Lipinski definition) is 4. The molecule has 0 unspecified atom stereocenters. The first-order chi connectivity index (χ1) is 10.1. The van der Waals surface area contributed by atoms with E-state index in [4.69, 9.17) is 9.15 Å². The molecule has 21 heavy (non-hydrogen) atoms. The van der Waals surface area contributed by atoms with Crippen LogP contribution >= 0.6 is 0 Å². The number of hydrogen-bond donors (Lipinski definition) is 0. The van der Waals surface area contributed by atoms with E-state index >= 15 is 0 Å². The van der Waals surface area contributed by atoms with Gasteiger partial charge in [0.15, 0.2) is 5.88 Å². The minimum atomic E-state index is -0.603. The van der Waals surface area contributed by atoms with E-state index in [2.05, 4.69) is 6.58 Å². The van der Waals surface area contributed by atoms with E-state index in [1.54, 1.807) is 44.3 Å². The molecule has 2 aromatic rings. The normalized spacial score (nSPS) is 10.4. The summed E-state index contributed by atoms with van der Waals surface area (Å²) in [5, 5.41) is 12.2. The summed E-state index contributed by atoms with van der Waals surface area (Å²) < 4.78 is 12.2. The summed E-state index contributed by atoms with van der Waals surface area (Å²) in [7, 11) is 1.57. The van der Waals surface area contributed by atoms with Crippen LogP contribution in [0.4, 0.5) is 0 Å². The highest BCUT2D eigenvalue weighted by atomic mass is 16.5. The van der Waals surface area contributed by atoms with Crippen molar-refractivity contribution in [1.82, 2.24) is 0 Å². The number of benzene rings is 1. The van der Waals surface area contributed by atoms with Crippen molar-refractivity contribution in [2.24, 2.45) is 7.05 Å². The molecular formula is C16H17NO4. The van der Waals surface area contributed by atoms with Gasteiger partial charge in [-0.2, -0.15) is 4.57 Å². The molecule has 0 amide bonds. The lowest BCUT2D eigenvalue weighted by atomic mass is 10.2. The molecule has 1 heterocycles. The Bertz CT molecular complexity index is 719. The Labute approximate surface area is 122 Å². The Kier molecular flexibility index (Phi) is 4.42. The van der Waals surface area contributed by atoms with Crippen LogP contribution in [0.1, 0.15) is 12.5 Å². The molecule has 0 atom stereocenters. The Balaban J connectivity index is 2.63. The molecule has 0 radical (unpaired) electrons. The van der Waals surface area contributed by atoms with Crippen LogP contribution in [0.3, 0.4) is 0 Å². The fourth-order valence-corrected chi connectivity index (χ4v) is 2.05. The molecule has 0 fully saturated rings. The molecule has 0 saturated heterocycles. The summed E-state index contributed by atoms with van der Waals surface area (Å²) in [6.07, 6.45) is 1.95. The van der Waals surface area contributed by atoms with Crippen molar-refractivity contribution in [3.63, 3.8) is 0 Å². The fraction of sp³-hybridized carbons (Fsp3) is 0.250. The molecule has 1 aromatic carbocycles. The summed E-state index contributed by atoms with van der Waals surface area (Å²) in [6.45, 7) is 5.66. The number of para-hydroxylation sites is 1. The van der Waals surface area contributed by atoms with Crippen LogP contribution in [-0.2, 0) is 13.5 Å². The van der Waals surface area contributed by atoms with Crippen LogP contribution in [-0.4, -0.2) is 6.61 Å². The number of aromatic nitrogens is 1. The smallest absolute Gasteiger partial charge is 0.386 e. The van der Waals surface area contributed by atoms with E-state index in [-0.39, 0.29) is 17.3 Å². The third kappa shape index (κ3) is 2.81. The topological polar surface area (TPSA) is 66.4 Å². The Hall–Kier alpha value is -2.56. The van der Waals surface area contributed by atoms with Crippen LogP contribution in [0, 0.1) is 0 Å². The fourth-order valence-electron chi connectivity index (χ4n) is 2.05. The first kappa shape index (κ1) is 14.8. The van der Waals surface area contributed by atoms with Crippen LogP contribution < -0.4 is 20.0 Å². The number of nitrogens with zero attached hydrogens (tertiary/aromatic N) is 1. The van der Waals surface area contributed by atoms with Gasteiger partial charge in [-0.3, -0.25) is 0 Å². The maximum absolute atomic E-state index is 12.2. The van der Waals surface area contributed by atoms with Gasteiger partial charge in [-0.25, -0.2) is 4.79 Å². The summed E-state index contributed by atoms with van der Waals surface area (Å²) in [6, 6.07) is 7.08. The quantitative estimate of drug-likeness (QED) is 0.614. The van der Waals surface area contributed by atoms with Gasteiger partial charge >= 0.3 is 11.5 Å². The van der Waals surface area contributed by atoms with Crippen molar-refractivity contribution in [2.45, 2.75) is 13.3 Å². The first-order valence-electron chi connectivity index (χ1n) is 6.66. The molecule has 0 bridgehead atoms. The molecule has 0 aliphatic heterocycles. The van der Waals surface area contributed by atoms with E-state index in [0.717, 1.165) is 0 Å². The molecule has 0 N–H and O–H groups in total. The number of rotatable bonds is 5. The molecular weight excluding hydrogens is 270 g/mol. The van der Waals surface area contributed by atoms with Crippen molar-refractivity contribution in [2.75, 3.05) is 6.61 Å². The average Bonchev–Trinajstić information content (AvgIpc) is 2.50. The van der Waals surface area contributed by atoms with Crippen LogP contribution in [0.5, 0.6) is 11.6 Å². The van der Waals surface area contributed by atoms with Crippen LogP contribution in [0.25, 0.3) is 11.5 Å². The SMILES string of the molecule is C=CCOc1ccccc1-c1oc(=O)c(CC)c([O-])[n+]1C. The molecule has 0 saturated carbocycles. The highest BCUT2D eigenvalue weighted by Gasteiger charge is 2.22. The zero-order valence-corrected chi connectivity index (χ0v) is 12.1. The van der Waals surface area contributed by atoms with Gasteiger partial charge in [0.05, 0.1) is 5.56 Å². The van der Waals surface area contributed by atoms with Gasteiger partial charge < -0.3 is 14.3 Å². The van der Waals surface area contributed by atoms with E-state index < -0.39 is 5.63 Å². The van der Waals surface area contributed by atoms with E-state index in [1.807, 2.05) is 0 Å².